The largest absolute Gasteiger partial charge is 0.484 e. The molecule has 1 saturated heterocycles. The minimum absolute atomic E-state index is 0.115. The molecule has 36 heavy (non-hydrogen) atoms. The molecule has 3 aromatic rings. The second kappa shape index (κ2) is 11.1. The van der Waals surface area contributed by atoms with Gasteiger partial charge in [-0.3, -0.25) is 14.5 Å². The number of anilines is 1. The Bertz CT molecular complexity index is 1330. The van der Waals surface area contributed by atoms with Crippen molar-refractivity contribution in [2.24, 2.45) is 0 Å². The molecule has 1 aliphatic heterocycles. The maximum atomic E-state index is 13.1. The van der Waals surface area contributed by atoms with Crippen molar-refractivity contribution in [1.29, 1.82) is 0 Å². The van der Waals surface area contributed by atoms with Crippen LogP contribution in [-0.4, -0.2) is 27.6 Å². The van der Waals surface area contributed by atoms with Crippen LogP contribution in [-0.2, 0) is 9.59 Å². The molecule has 0 spiro atoms. The zero-order chi connectivity index (χ0) is 25.8. The van der Waals surface area contributed by atoms with Gasteiger partial charge in [0.05, 0.1) is 10.9 Å². The van der Waals surface area contributed by atoms with E-state index in [1.54, 1.807) is 11.0 Å². The summed E-state index contributed by atoms with van der Waals surface area (Å²) in [5, 5.41) is 2.95. The molecule has 4 rings (SSSR count). The normalized spacial score (nSPS) is 15.3. The highest BCUT2D eigenvalue weighted by Gasteiger charge is 2.35. The van der Waals surface area contributed by atoms with Gasteiger partial charge in [-0.25, -0.2) is 0 Å². The number of hydrogen-bond donors (Lipinski definition) is 1. The topological polar surface area (TPSA) is 58.6 Å². The van der Waals surface area contributed by atoms with E-state index in [0.717, 1.165) is 33.5 Å². The number of thiocarbonyl (C=S) groups is 1. The molecule has 1 fully saturated rings. The number of thioether (sulfide) groups is 1. The van der Waals surface area contributed by atoms with E-state index in [1.807, 2.05) is 94.4 Å². The molecule has 184 valence electrons. The van der Waals surface area contributed by atoms with E-state index in [4.69, 9.17) is 17.0 Å². The first-order valence-corrected chi connectivity index (χ1v) is 12.9. The summed E-state index contributed by atoms with van der Waals surface area (Å²) in [6, 6.07) is 21.1. The zero-order valence-corrected chi connectivity index (χ0v) is 22.3. The lowest BCUT2D eigenvalue weighted by Crippen LogP contribution is -2.30. The molecule has 0 bridgehead atoms. The summed E-state index contributed by atoms with van der Waals surface area (Å²) in [7, 11) is 0. The summed E-state index contributed by atoms with van der Waals surface area (Å²) in [6.07, 6.45) is 1.81. The predicted octanol–water partition coefficient (Wildman–Crippen LogP) is 6.59. The second-order valence-corrected chi connectivity index (χ2v) is 10.5. The van der Waals surface area contributed by atoms with E-state index < -0.39 is 0 Å². The monoisotopic (exact) mass is 516 g/mol. The lowest BCUT2D eigenvalue weighted by molar-refractivity contribution is -0.123. The van der Waals surface area contributed by atoms with Gasteiger partial charge < -0.3 is 10.1 Å². The third kappa shape index (κ3) is 5.86. The van der Waals surface area contributed by atoms with Crippen molar-refractivity contribution in [3.8, 4) is 5.75 Å². The number of ether oxygens (including phenoxy) is 1. The third-order valence-electron chi connectivity index (χ3n) is 5.96. The molecule has 0 aromatic heterocycles. The molecule has 0 saturated carbocycles. The molecular formula is C29H28N2O3S2. The lowest BCUT2D eigenvalue weighted by Gasteiger charge is -2.23. The number of rotatable bonds is 7. The van der Waals surface area contributed by atoms with Crippen LogP contribution in [0.15, 0.2) is 71.6 Å². The number of amides is 2. The fraction of sp³-hybridized carbons (Fsp3) is 0.207. The Hall–Kier alpha value is -3.42. The smallest absolute Gasteiger partial charge is 0.266 e. The van der Waals surface area contributed by atoms with Gasteiger partial charge in [0.15, 0.2) is 6.61 Å². The number of carbonyl (C=O) groups excluding carboxylic acids is 2. The summed E-state index contributed by atoms with van der Waals surface area (Å²) >= 11 is 6.81. The SMILES string of the molecule is Cc1cc(C)c(NC(=O)COc2cccc(/C=C3\SC(=S)N([C@H](C)c4ccccc4)C3=O)c2)c(C)c1. The van der Waals surface area contributed by atoms with Crippen molar-refractivity contribution in [3.05, 3.63) is 99.5 Å². The summed E-state index contributed by atoms with van der Waals surface area (Å²) in [5.41, 5.74) is 5.83. The first kappa shape index (κ1) is 25.7. The van der Waals surface area contributed by atoms with Crippen molar-refractivity contribution < 1.29 is 14.3 Å². The van der Waals surface area contributed by atoms with Crippen molar-refractivity contribution in [1.82, 2.24) is 4.90 Å². The van der Waals surface area contributed by atoms with Gasteiger partial charge in [-0.05, 0) is 68.2 Å². The first-order chi connectivity index (χ1) is 17.2. The van der Waals surface area contributed by atoms with Gasteiger partial charge >= 0.3 is 0 Å². The standard InChI is InChI=1S/C29H28N2O3S2/c1-18-13-19(2)27(20(3)14-18)30-26(32)17-34-24-12-8-9-22(15-24)16-25-28(33)31(29(35)36-25)21(4)23-10-6-5-7-11-23/h5-16,21H,17H2,1-4H3,(H,30,32)/b25-16-/t21-/m1/s1. The molecule has 3 aromatic carbocycles. The van der Waals surface area contributed by atoms with Crippen LogP contribution < -0.4 is 10.1 Å². The Labute approximate surface area is 221 Å². The highest BCUT2D eigenvalue weighted by Crippen LogP contribution is 2.38. The fourth-order valence-electron chi connectivity index (χ4n) is 4.24. The van der Waals surface area contributed by atoms with Crippen LogP contribution in [0.4, 0.5) is 5.69 Å². The maximum Gasteiger partial charge on any atom is 0.266 e. The molecule has 1 atom stereocenters. The molecule has 0 unspecified atom stereocenters. The average molecular weight is 517 g/mol. The van der Waals surface area contributed by atoms with E-state index >= 15 is 0 Å². The molecule has 1 aliphatic rings. The van der Waals surface area contributed by atoms with Crippen LogP contribution in [0.1, 0.15) is 40.8 Å². The Morgan fingerprint density at radius 1 is 1.06 bits per heavy atom. The van der Waals surface area contributed by atoms with E-state index in [2.05, 4.69) is 5.32 Å². The number of aryl methyl sites for hydroxylation is 3. The minimum atomic E-state index is -0.230. The highest BCUT2D eigenvalue weighted by atomic mass is 32.2. The number of hydrogen-bond acceptors (Lipinski definition) is 5. The quantitative estimate of drug-likeness (QED) is 0.284. The maximum absolute atomic E-state index is 13.1. The number of nitrogens with zero attached hydrogens (tertiary/aromatic N) is 1. The Morgan fingerprint density at radius 2 is 1.75 bits per heavy atom. The molecular weight excluding hydrogens is 488 g/mol. The molecule has 0 radical (unpaired) electrons. The van der Waals surface area contributed by atoms with Gasteiger partial charge in [-0.2, -0.15) is 0 Å². The van der Waals surface area contributed by atoms with Crippen molar-refractivity contribution >= 4 is 51.9 Å². The van der Waals surface area contributed by atoms with E-state index in [-0.39, 0.29) is 24.5 Å². The van der Waals surface area contributed by atoms with Gasteiger partial charge in [-0.1, -0.05) is 84.1 Å². The van der Waals surface area contributed by atoms with E-state index in [9.17, 15) is 9.59 Å². The number of nitrogens with one attached hydrogen (secondary N) is 1. The van der Waals surface area contributed by atoms with Crippen LogP contribution >= 0.6 is 24.0 Å². The van der Waals surface area contributed by atoms with Gasteiger partial charge in [0.2, 0.25) is 0 Å². The predicted molar refractivity (Wildman–Crippen MR) is 151 cm³/mol. The Balaban J connectivity index is 1.42. The summed E-state index contributed by atoms with van der Waals surface area (Å²) in [6.45, 7) is 7.84. The van der Waals surface area contributed by atoms with E-state index in [0.29, 0.717) is 15.0 Å². The summed E-state index contributed by atoms with van der Waals surface area (Å²) in [5.74, 6) is 0.200. The molecule has 1 heterocycles. The fourth-order valence-corrected chi connectivity index (χ4v) is 5.66. The van der Waals surface area contributed by atoms with E-state index in [1.165, 1.54) is 11.8 Å². The van der Waals surface area contributed by atoms with Gasteiger partial charge in [-0.15, -0.1) is 0 Å². The summed E-state index contributed by atoms with van der Waals surface area (Å²) in [4.78, 5) is 27.9. The van der Waals surface area contributed by atoms with Crippen LogP contribution in [0.5, 0.6) is 5.75 Å². The number of carbonyl (C=O) groups is 2. The Morgan fingerprint density at radius 3 is 2.44 bits per heavy atom. The van der Waals surface area contributed by atoms with Crippen LogP contribution in [0.3, 0.4) is 0 Å². The molecule has 5 nitrogen and oxygen atoms in total. The van der Waals surface area contributed by atoms with Crippen LogP contribution in [0.25, 0.3) is 6.08 Å². The highest BCUT2D eigenvalue weighted by molar-refractivity contribution is 8.26. The van der Waals surface area contributed by atoms with Crippen LogP contribution in [0.2, 0.25) is 0 Å². The molecule has 2 amide bonds. The van der Waals surface area contributed by atoms with Crippen molar-refractivity contribution in [2.45, 2.75) is 33.7 Å². The van der Waals surface area contributed by atoms with Crippen molar-refractivity contribution in [3.63, 3.8) is 0 Å². The number of benzene rings is 3. The average Bonchev–Trinajstić information content (AvgIpc) is 3.12. The second-order valence-electron chi connectivity index (χ2n) is 8.82. The lowest BCUT2D eigenvalue weighted by atomic mass is 10.1. The van der Waals surface area contributed by atoms with Gasteiger partial charge in [0, 0.05) is 5.69 Å². The molecule has 7 heteroatoms. The summed E-state index contributed by atoms with van der Waals surface area (Å²) < 4.78 is 6.28. The van der Waals surface area contributed by atoms with Gasteiger partial charge in [0.25, 0.3) is 11.8 Å². The zero-order valence-electron chi connectivity index (χ0n) is 20.7. The van der Waals surface area contributed by atoms with Gasteiger partial charge in [0.1, 0.15) is 10.1 Å². The third-order valence-corrected chi connectivity index (χ3v) is 7.29. The van der Waals surface area contributed by atoms with Crippen molar-refractivity contribution in [2.75, 3.05) is 11.9 Å². The minimum Gasteiger partial charge on any atom is -0.484 e. The first-order valence-electron chi connectivity index (χ1n) is 11.7. The Kier molecular flexibility index (Phi) is 7.91. The molecule has 0 aliphatic carbocycles. The van der Waals surface area contributed by atoms with Crippen LogP contribution in [0, 0.1) is 20.8 Å². The molecule has 1 N–H and O–H groups in total.